The first-order chi connectivity index (χ1) is 23.3. The summed E-state index contributed by atoms with van der Waals surface area (Å²) in [5.41, 5.74) is 4.75. The molecule has 0 spiro atoms. The van der Waals surface area contributed by atoms with Crippen LogP contribution in [0.1, 0.15) is 41.3 Å². The molecule has 2 unspecified atom stereocenters. The highest BCUT2D eigenvalue weighted by Gasteiger charge is 2.45. The van der Waals surface area contributed by atoms with Crippen LogP contribution in [0.5, 0.6) is 5.75 Å². The summed E-state index contributed by atoms with van der Waals surface area (Å²) in [6, 6.07) is 14.6. The van der Waals surface area contributed by atoms with Crippen molar-refractivity contribution in [2.45, 2.75) is 31.4 Å². The van der Waals surface area contributed by atoms with Crippen LogP contribution in [0.3, 0.4) is 0 Å². The van der Waals surface area contributed by atoms with Gasteiger partial charge in [0.05, 0.1) is 30.3 Å². The Hall–Kier alpha value is -3.61. The molecule has 272 valence electrons. The largest absolute Gasteiger partial charge is 0.493 e. The first kappa shape index (κ1) is 39.2. The number of rotatable bonds is 6. The van der Waals surface area contributed by atoms with Crippen molar-refractivity contribution in [3.8, 4) is 5.75 Å². The molecule has 2 atom stereocenters. The van der Waals surface area contributed by atoms with Crippen LogP contribution in [-0.2, 0) is 16.5 Å². The molecule has 0 bridgehead atoms. The fourth-order valence-electron chi connectivity index (χ4n) is 5.28. The number of carbonyl (C=O) groups is 1. The van der Waals surface area contributed by atoms with Crippen LogP contribution < -0.4 is 10.5 Å². The second-order valence-corrected chi connectivity index (χ2v) is 13.2. The number of hydrogen-bond acceptors (Lipinski definition) is 6. The van der Waals surface area contributed by atoms with Crippen LogP contribution >= 0.6 is 23.2 Å². The maximum atomic E-state index is 14.4. The van der Waals surface area contributed by atoms with Gasteiger partial charge < -0.3 is 15.4 Å². The molecule has 2 aliphatic rings. The number of nitrogens with two attached hydrogens (primary N) is 1. The summed E-state index contributed by atoms with van der Waals surface area (Å²) in [6.45, 7) is 0.0506. The van der Waals surface area contributed by atoms with Gasteiger partial charge in [0, 0.05) is 36.2 Å². The van der Waals surface area contributed by atoms with E-state index in [4.69, 9.17) is 32.9 Å². The van der Waals surface area contributed by atoms with E-state index in [1.807, 2.05) is 0 Å². The van der Waals surface area contributed by atoms with E-state index >= 15 is 0 Å². The molecular weight excluding hydrogens is 739 g/mol. The van der Waals surface area contributed by atoms with Crippen LogP contribution in [0.2, 0.25) is 10.0 Å². The highest BCUT2D eigenvalue weighted by molar-refractivity contribution is 7.83. The minimum absolute atomic E-state index is 0.0489. The molecule has 2 amide bonds. The first-order valence-electron chi connectivity index (χ1n) is 14.8. The summed E-state index contributed by atoms with van der Waals surface area (Å²) < 4.78 is 112. The summed E-state index contributed by atoms with van der Waals surface area (Å²) >= 11 is 12.3. The Kier molecular flexibility index (Phi) is 12.3. The molecule has 3 aromatic rings. The SMILES string of the molecule is CCOc1cc(C(F)(F)F)ccc1C1=NC(c2ccc(Cl)cc2)C(c2ccc(Cl)cc2)N1C(=O)N1CCN(S(=O)(=O)O)CC1.NCC(F)(F)F. The molecule has 5 rings (SSSR count). The average Bonchev–Trinajstić information content (AvgIpc) is 3.44. The third-order valence-electron chi connectivity index (χ3n) is 7.61. The van der Waals surface area contributed by atoms with Crippen molar-refractivity contribution in [3.63, 3.8) is 0 Å². The third kappa shape index (κ3) is 9.58. The summed E-state index contributed by atoms with van der Waals surface area (Å²) in [5.74, 6) is -0.0361. The van der Waals surface area contributed by atoms with Crippen molar-refractivity contribution in [2.75, 3.05) is 39.3 Å². The van der Waals surface area contributed by atoms with Crippen molar-refractivity contribution >= 4 is 45.4 Å². The molecule has 1 fully saturated rings. The van der Waals surface area contributed by atoms with Gasteiger partial charge in [-0.3, -0.25) is 14.4 Å². The number of nitrogens with zero attached hydrogens (tertiary/aromatic N) is 4. The monoisotopic (exact) mass is 769 g/mol. The summed E-state index contributed by atoms with van der Waals surface area (Å²) in [7, 11) is -4.46. The van der Waals surface area contributed by atoms with Gasteiger partial charge in [-0.25, -0.2) is 4.79 Å². The molecule has 0 aromatic heterocycles. The maximum Gasteiger partial charge on any atom is 0.416 e. The van der Waals surface area contributed by atoms with E-state index in [1.54, 1.807) is 55.5 Å². The van der Waals surface area contributed by atoms with Crippen molar-refractivity contribution in [1.29, 1.82) is 0 Å². The second kappa shape index (κ2) is 15.7. The Morgan fingerprint density at radius 2 is 1.44 bits per heavy atom. The van der Waals surface area contributed by atoms with E-state index in [0.717, 1.165) is 16.4 Å². The zero-order valence-electron chi connectivity index (χ0n) is 26.1. The number of urea groups is 1. The molecule has 0 aliphatic carbocycles. The van der Waals surface area contributed by atoms with Gasteiger partial charge in [0.25, 0.3) is 0 Å². The summed E-state index contributed by atoms with van der Waals surface area (Å²) in [6.07, 6.45) is -8.82. The Bertz CT molecular complexity index is 1790. The molecule has 2 heterocycles. The fourth-order valence-corrected chi connectivity index (χ4v) is 6.15. The van der Waals surface area contributed by atoms with Gasteiger partial charge in [-0.1, -0.05) is 47.5 Å². The molecule has 2 aliphatic heterocycles. The lowest BCUT2D eigenvalue weighted by atomic mass is 9.93. The van der Waals surface area contributed by atoms with Crippen LogP contribution in [-0.4, -0.2) is 84.4 Å². The number of aliphatic imine (C=N–C) groups is 1. The van der Waals surface area contributed by atoms with Gasteiger partial charge in [0.2, 0.25) is 0 Å². The molecular formula is C31H31Cl2F6N5O5S. The van der Waals surface area contributed by atoms with Crippen LogP contribution in [0.25, 0.3) is 0 Å². The topological polar surface area (TPSA) is 129 Å². The maximum absolute atomic E-state index is 14.4. The zero-order chi connectivity index (χ0) is 37.0. The number of piperazine rings is 1. The minimum atomic E-state index is -4.64. The van der Waals surface area contributed by atoms with E-state index in [1.165, 1.54) is 15.9 Å². The quantitative estimate of drug-likeness (QED) is 0.205. The number of benzene rings is 3. The third-order valence-corrected chi connectivity index (χ3v) is 9.13. The summed E-state index contributed by atoms with van der Waals surface area (Å²) in [5, 5.41) is 0.932. The molecule has 50 heavy (non-hydrogen) atoms. The van der Waals surface area contributed by atoms with Gasteiger partial charge in [0.1, 0.15) is 17.6 Å². The van der Waals surface area contributed by atoms with E-state index in [0.29, 0.717) is 21.2 Å². The smallest absolute Gasteiger partial charge is 0.416 e. The number of hydrogen-bond donors (Lipinski definition) is 2. The molecule has 0 radical (unpaired) electrons. The lowest BCUT2D eigenvalue weighted by Gasteiger charge is -2.38. The number of carbonyl (C=O) groups excluding carboxylic acids is 1. The first-order valence-corrected chi connectivity index (χ1v) is 17.0. The number of ether oxygens (including phenoxy) is 1. The van der Waals surface area contributed by atoms with E-state index < -0.39 is 52.9 Å². The van der Waals surface area contributed by atoms with Gasteiger partial charge in [-0.15, -0.1) is 0 Å². The van der Waals surface area contributed by atoms with Crippen molar-refractivity contribution in [1.82, 2.24) is 14.1 Å². The number of halogens is 8. The number of amidine groups is 1. The zero-order valence-corrected chi connectivity index (χ0v) is 28.5. The highest BCUT2D eigenvalue weighted by atomic mass is 35.5. The standard InChI is InChI=1S/C29H27Cl2F3N4O5S.C2H4F3N/c1-2-43-24-17-20(29(32,33)34)7-12-23(24)27-35-25(18-3-8-21(30)9-4-18)26(19-5-10-22(31)11-6-19)38(27)28(39)36-13-15-37(16-14-36)44(40,41)42;3-2(4,5)1-6/h3-12,17,25-26H,2,13-16H2,1H3,(H,40,41,42);1,6H2. The second-order valence-electron chi connectivity index (χ2n) is 10.9. The van der Waals surface area contributed by atoms with Crippen molar-refractivity contribution < 1.29 is 48.8 Å². The van der Waals surface area contributed by atoms with Crippen LogP contribution in [0.4, 0.5) is 31.1 Å². The summed E-state index contributed by atoms with van der Waals surface area (Å²) in [4.78, 5) is 22.1. The minimum Gasteiger partial charge on any atom is -0.493 e. The number of alkyl halides is 6. The lowest BCUT2D eigenvalue weighted by Crippen LogP contribution is -2.55. The van der Waals surface area contributed by atoms with Crippen LogP contribution in [0, 0.1) is 0 Å². The van der Waals surface area contributed by atoms with E-state index in [2.05, 4.69) is 5.73 Å². The number of amides is 2. The fraction of sp³-hybridized carbons (Fsp3) is 0.355. The highest BCUT2D eigenvalue weighted by Crippen LogP contribution is 2.46. The Balaban J connectivity index is 0.000000860. The molecule has 0 saturated carbocycles. The average molecular weight is 771 g/mol. The molecule has 10 nitrogen and oxygen atoms in total. The molecule has 3 aromatic carbocycles. The Morgan fingerprint density at radius 1 is 0.920 bits per heavy atom. The predicted molar refractivity (Wildman–Crippen MR) is 175 cm³/mol. The molecule has 1 saturated heterocycles. The van der Waals surface area contributed by atoms with E-state index in [-0.39, 0.29) is 49.9 Å². The van der Waals surface area contributed by atoms with Crippen molar-refractivity contribution in [3.05, 3.63) is 99.0 Å². The lowest BCUT2D eigenvalue weighted by molar-refractivity contribution is -0.137. The van der Waals surface area contributed by atoms with Gasteiger partial charge in [-0.05, 0) is 60.5 Å². The van der Waals surface area contributed by atoms with Gasteiger partial charge in [0.15, 0.2) is 0 Å². The molecule has 3 N–H and O–H groups in total. The van der Waals surface area contributed by atoms with Crippen molar-refractivity contribution in [2.24, 2.45) is 10.7 Å². The van der Waals surface area contributed by atoms with Gasteiger partial charge in [-0.2, -0.15) is 39.1 Å². The molecule has 19 heteroatoms. The van der Waals surface area contributed by atoms with Gasteiger partial charge >= 0.3 is 28.7 Å². The predicted octanol–water partition coefficient (Wildman–Crippen LogP) is 7.00. The Morgan fingerprint density at radius 3 is 1.90 bits per heavy atom. The Labute approximate surface area is 293 Å². The normalized spacial score (nSPS) is 18.7. The van der Waals surface area contributed by atoms with Crippen LogP contribution in [0.15, 0.2) is 71.7 Å². The van der Waals surface area contributed by atoms with E-state index in [9.17, 15) is 44.1 Å².